The van der Waals surface area contributed by atoms with Crippen molar-refractivity contribution in [3.63, 3.8) is 0 Å². The molecule has 7 nitrogen and oxygen atoms in total. The van der Waals surface area contributed by atoms with Gasteiger partial charge in [0.05, 0.1) is 24.1 Å². The third-order valence-corrected chi connectivity index (χ3v) is 3.94. The summed E-state index contributed by atoms with van der Waals surface area (Å²) in [7, 11) is 0. The number of aromatic nitrogens is 1. The zero-order chi connectivity index (χ0) is 17.7. The molecule has 2 N–H and O–H groups in total. The molecule has 2 heterocycles. The molecule has 1 aromatic carbocycles. The second-order valence-electron chi connectivity index (χ2n) is 5.91. The zero-order valence-electron chi connectivity index (χ0n) is 13.5. The first-order chi connectivity index (χ1) is 12.1. The highest BCUT2D eigenvalue weighted by Crippen LogP contribution is 2.24. The third kappa shape index (κ3) is 4.33. The molecule has 1 aliphatic heterocycles. The molecule has 25 heavy (non-hydrogen) atoms. The van der Waals surface area contributed by atoms with E-state index in [4.69, 9.17) is 14.6 Å². The van der Waals surface area contributed by atoms with Crippen LogP contribution in [0.3, 0.4) is 0 Å². The highest BCUT2D eigenvalue weighted by Gasteiger charge is 2.38. The zero-order valence-corrected chi connectivity index (χ0v) is 13.5. The van der Waals surface area contributed by atoms with Crippen LogP contribution in [0.2, 0.25) is 0 Å². The summed E-state index contributed by atoms with van der Waals surface area (Å²) in [5, 5.41) is 11.8. The summed E-state index contributed by atoms with van der Waals surface area (Å²) in [4.78, 5) is 27.6. The lowest BCUT2D eigenvalue weighted by Gasteiger charge is -2.26. The number of carboxylic acids is 1. The lowest BCUT2D eigenvalue weighted by Crippen LogP contribution is -2.50. The molecule has 0 aliphatic carbocycles. The second-order valence-corrected chi connectivity index (χ2v) is 5.91. The Kier molecular flexibility index (Phi) is 4.95. The number of pyridine rings is 1. The van der Waals surface area contributed by atoms with E-state index >= 15 is 0 Å². The van der Waals surface area contributed by atoms with E-state index in [1.54, 1.807) is 24.3 Å². The fourth-order valence-corrected chi connectivity index (χ4v) is 2.68. The topological polar surface area (TPSA) is 97.8 Å². The first kappa shape index (κ1) is 16.9. The van der Waals surface area contributed by atoms with Crippen LogP contribution < -0.4 is 10.1 Å². The molecule has 1 amide bonds. The summed E-state index contributed by atoms with van der Waals surface area (Å²) in [6.07, 6.45) is 1.69. The highest BCUT2D eigenvalue weighted by molar-refractivity contribution is 5.94. The number of carbonyl (C=O) groups is 2. The van der Waals surface area contributed by atoms with Gasteiger partial charge in [0.15, 0.2) is 0 Å². The van der Waals surface area contributed by atoms with Crippen LogP contribution in [0, 0.1) is 0 Å². The fourth-order valence-electron chi connectivity index (χ4n) is 2.68. The number of aliphatic carboxylic acids is 1. The van der Waals surface area contributed by atoms with E-state index < -0.39 is 11.5 Å². The maximum atomic E-state index is 12.4. The van der Waals surface area contributed by atoms with Crippen molar-refractivity contribution in [2.24, 2.45) is 0 Å². The number of benzene rings is 1. The number of rotatable bonds is 6. The van der Waals surface area contributed by atoms with Gasteiger partial charge in [-0.15, -0.1) is 0 Å². The van der Waals surface area contributed by atoms with E-state index in [2.05, 4.69) is 10.3 Å². The number of nitrogens with one attached hydrogen (secondary N) is 1. The second kappa shape index (κ2) is 7.31. The van der Waals surface area contributed by atoms with Gasteiger partial charge in [0.2, 0.25) is 5.88 Å². The third-order valence-electron chi connectivity index (χ3n) is 3.94. The average Bonchev–Trinajstić information content (AvgIpc) is 3.03. The van der Waals surface area contributed by atoms with Gasteiger partial charge in [-0.25, -0.2) is 4.98 Å². The molecule has 2 aromatic rings. The van der Waals surface area contributed by atoms with Crippen molar-refractivity contribution >= 4 is 11.9 Å². The Morgan fingerprint density at radius 3 is 2.64 bits per heavy atom. The first-order valence-corrected chi connectivity index (χ1v) is 7.87. The molecular formula is C18H18N2O5. The van der Waals surface area contributed by atoms with Crippen LogP contribution in [0.25, 0.3) is 0 Å². The number of hydrogen-bond acceptors (Lipinski definition) is 5. The van der Waals surface area contributed by atoms with Gasteiger partial charge in [-0.2, -0.15) is 0 Å². The summed E-state index contributed by atoms with van der Waals surface area (Å²) in [6, 6.07) is 12.4. The molecule has 1 aliphatic rings. The molecule has 3 rings (SSSR count). The lowest BCUT2D eigenvalue weighted by atomic mass is 9.94. The van der Waals surface area contributed by atoms with Gasteiger partial charge < -0.3 is 19.9 Å². The molecule has 1 saturated heterocycles. The molecule has 7 heteroatoms. The van der Waals surface area contributed by atoms with Gasteiger partial charge >= 0.3 is 5.97 Å². The SMILES string of the molecule is O=C(O)CC1(NC(=O)c2ccc(Oc3ccccc3)nc2)CCOC1. The summed E-state index contributed by atoms with van der Waals surface area (Å²) >= 11 is 0. The van der Waals surface area contributed by atoms with Crippen LogP contribution in [0.15, 0.2) is 48.7 Å². The van der Waals surface area contributed by atoms with Crippen LogP contribution >= 0.6 is 0 Å². The molecule has 1 atom stereocenters. The molecular weight excluding hydrogens is 324 g/mol. The summed E-state index contributed by atoms with van der Waals surface area (Å²) in [5.74, 6) is -0.344. The molecule has 1 fully saturated rings. The summed E-state index contributed by atoms with van der Waals surface area (Å²) in [5.41, 5.74) is -0.542. The Hall–Kier alpha value is -2.93. The van der Waals surface area contributed by atoms with Crippen molar-refractivity contribution in [1.29, 1.82) is 0 Å². The van der Waals surface area contributed by atoms with Gasteiger partial charge in [-0.05, 0) is 24.6 Å². The summed E-state index contributed by atoms with van der Waals surface area (Å²) in [6.45, 7) is 0.614. The first-order valence-electron chi connectivity index (χ1n) is 7.87. The minimum absolute atomic E-state index is 0.179. The fraction of sp³-hybridized carbons (Fsp3) is 0.278. The molecule has 130 valence electrons. The van der Waals surface area contributed by atoms with Gasteiger partial charge in [0.1, 0.15) is 5.75 Å². The van der Waals surface area contributed by atoms with Crippen molar-refractivity contribution in [1.82, 2.24) is 10.3 Å². The lowest BCUT2D eigenvalue weighted by molar-refractivity contribution is -0.138. The maximum absolute atomic E-state index is 12.4. The van der Waals surface area contributed by atoms with E-state index in [-0.39, 0.29) is 18.9 Å². The molecule has 0 spiro atoms. The van der Waals surface area contributed by atoms with Crippen molar-refractivity contribution in [3.05, 3.63) is 54.2 Å². The average molecular weight is 342 g/mol. The Labute approximate surface area is 144 Å². The van der Waals surface area contributed by atoms with Gasteiger partial charge in [0, 0.05) is 18.9 Å². The van der Waals surface area contributed by atoms with Crippen molar-refractivity contribution < 1.29 is 24.2 Å². The number of hydrogen-bond donors (Lipinski definition) is 2. The Bertz CT molecular complexity index is 740. The highest BCUT2D eigenvalue weighted by atomic mass is 16.5. The van der Waals surface area contributed by atoms with Crippen LogP contribution in [0.1, 0.15) is 23.2 Å². The van der Waals surface area contributed by atoms with Gasteiger partial charge in [-0.1, -0.05) is 18.2 Å². The number of ether oxygens (including phenoxy) is 2. The monoisotopic (exact) mass is 342 g/mol. The largest absolute Gasteiger partial charge is 0.481 e. The van der Waals surface area contributed by atoms with Crippen molar-refractivity contribution in [2.45, 2.75) is 18.4 Å². The standard InChI is InChI=1S/C18H18N2O5/c21-16(22)10-18(8-9-24-12-18)20-17(23)13-6-7-15(19-11-13)25-14-4-2-1-3-5-14/h1-7,11H,8-10,12H2,(H,20,23)(H,21,22). The number of amides is 1. The van der Waals surface area contributed by atoms with Gasteiger partial charge in [0.25, 0.3) is 5.91 Å². The normalized spacial score (nSPS) is 19.4. The number of para-hydroxylation sites is 1. The predicted molar refractivity (Wildman–Crippen MR) is 88.6 cm³/mol. The predicted octanol–water partition coefficient (Wildman–Crippen LogP) is 2.24. The van der Waals surface area contributed by atoms with Crippen molar-refractivity contribution in [3.8, 4) is 11.6 Å². The molecule has 0 saturated carbocycles. The molecule has 1 aromatic heterocycles. The maximum Gasteiger partial charge on any atom is 0.305 e. The Balaban J connectivity index is 1.67. The van der Waals surface area contributed by atoms with E-state index in [9.17, 15) is 9.59 Å². The van der Waals surface area contributed by atoms with E-state index in [0.29, 0.717) is 30.2 Å². The minimum atomic E-state index is -0.976. The van der Waals surface area contributed by atoms with Gasteiger partial charge in [-0.3, -0.25) is 9.59 Å². The molecule has 0 bridgehead atoms. The number of carbonyl (C=O) groups excluding carboxylic acids is 1. The van der Waals surface area contributed by atoms with E-state index in [1.165, 1.54) is 6.20 Å². The van der Waals surface area contributed by atoms with Crippen LogP contribution in [0.5, 0.6) is 11.6 Å². The van der Waals surface area contributed by atoms with Crippen LogP contribution in [0.4, 0.5) is 0 Å². The number of nitrogens with zero attached hydrogens (tertiary/aromatic N) is 1. The van der Waals surface area contributed by atoms with E-state index in [1.807, 2.05) is 18.2 Å². The Morgan fingerprint density at radius 1 is 1.24 bits per heavy atom. The van der Waals surface area contributed by atoms with E-state index in [0.717, 1.165) is 0 Å². The van der Waals surface area contributed by atoms with Crippen LogP contribution in [-0.4, -0.2) is 40.7 Å². The number of carboxylic acid groups (broad SMARTS) is 1. The quantitative estimate of drug-likeness (QED) is 0.835. The minimum Gasteiger partial charge on any atom is -0.481 e. The smallest absolute Gasteiger partial charge is 0.305 e. The molecule has 0 radical (unpaired) electrons. The molecule has 1 unspecified atom stereocenters. The Morgan fingerprint density at radius 2 is 2.04 bits per heavy atom. The van der Waals surface area contributed by atoms with Crippen molar-refractivity contribution in [2.75, 3.05) is 13.2 Å². The van der Waals surface area contributed by atoms with Crippen LogP contribution in [-0.2, 0) is 9.53 Å². The summed E-state index contributed by atoms with van der Waals surface area (Å²) < 4.78 is 10.8.